The van der Waals surface area contributed by atoms with Crippen molar-refractivity contribution in [3.8, 4) is 0 Å². The first kappa shape index (κ1) is 18.2. The van der Waals surface area contributed by atoms with Gasteiger partial charge in [0.2, 0.25) is 0 Å². The number of fused-ring (bicyclic) bond motifs is 1. The van der Waals surface area contributed by atoms with E-state index in [0.717, 1.165) is 10.9 Å². The monoisotopic (exact) mass is 367 g/mol. The number of benzene rings is 2. The van der Waals surface area contributed by atoms with Gasteiger partial charge in [0.25, 0.3) is 10.0 Å². The summed E-state index contributed by atoms with van der Waals surface area (Å²) in [4.78, 5) is 0.179. The van der Waals surface area contributed by atoms with Crippen LogP contribution in [0.2, 0.25) is 0 Å². The van der Waals surface area contributed by atoms with Gasteiger partial charge in [-0.25, -0.2) is 12.4 Å². The lowest BCUT2D eigenvalue weighted by atomic mass is 10.0. The summed E-state index contributed by atoms with van der Waals surface area (Å²) in [6, 6.07) is 15.5. The third kappa shape index (κ3) is 3.00. The Hall–Kier alpha value is -2.63. The zero-order valence-electron chi connectivity index (χ0n) is 14.4. The maximum Gasteiger partial charge on any atom is 0.268 e. The number of rotatable bonds is 7. The lowest BCUT2D eigenvalue weighted by Gasteiger charge is -2.16. The highest BCUT2D eigenvalue weighted by Crippen LogP contribution is 2.35. The fraction of sp³-hybridized carbons (Fsp3) is 0.143. The van der Waals surface area contributed by atoms with E-state index >= 15 is 0 Å². The fourth-order valence-corrected chi connectivity index (χ4v) is 4.84. The highest BCUT2D eigenvalue weighted by Gasteiger charge is 2.29. The topological polar surface area (TPSA) is 59.3 Å². The Bertz CT molecular complexity index is 1050. The zero-order valence-corrected chi connectivity index (χ0v) is 15.2. The quantitative estimate of drug-likeness (QED) is 0.636. The Morgan fingerprint density at radius 2 is 1.65 bits per heavy atom. The molecule has 1 aromatic heterocycles. The van der Waals surface area contributed by atoms with Crippen molar-refractivity contribution in [3.63, 3.8) is 0 Å². The van der Waals surface area contributed by atoms with Crippen molar-refractivity contribution in [2.24, 2.45) is 0 Å². The number of hydrogen-bond acceptors (Lipinski definition) is 3. The summed E-state index contributed by atoms with van der Waals surface area (Å²) in [6.45, 7) is 7.45. The Kier molecular flexibility index (Phi) is 5.11. The smallest absolute Gasteiger partial charge is 0.268 e. The molecule has 26 heavy (non-hydrogen) atoms. The first-order valence-electron chi connectivity index (χ1n) is 8.35. The molecule has 1 atom stereocenters. The highest BCUT2D eigenvalue weighted by molar-refractivity contribution is 7.90. The van der Waals surface area contributed by atoms with Gasteiger partial charge in [0.15, 0.2) is 0 Å². The Morgan fingerprint density at radius 1 is 1.00 bits per heavy atom. The van der Waals surface area contributed by atoms with Crippen molar-refractivity contribution >= 4 is 20.9 Å². The van der Waals surface area contributed by atoms with Crippen molar-refractivity contribution < 1.29 is 13.5 Å². The molecule has 3 aromatic rings. The molecule has 2 aromatic carbocycles. The molecular formula is C21H21NO3S. The molecule has 4 nitrogen and oxygen atoms in total. The normalized spacial score (nSPS) is 12.8. The average Bonchev–Trinajstić information content (AvgIpc) is 2.98. The van der Waals surface area contributed by atoms with Crippen molar-refractivity contribution in [2.75, 3.05) is 0 Å². The molecule has 0 amide bonds. The van der Waals surface area contributed by atoms with Crippen LogP contribution in [-0.4, -0.2) is 17.5 Å². The molecule has 0 aliphatic rings. The van der Waals surface area contributed by atoms with Crippen LogP contribution in [0.15, 0.2) is 84.8 Å². The standard InChI is InChI=1S/C21H21NO3S/c1-3-10-18-17-14-8-9-15-19(17)22(21(18)20(23)11-4-2)26(24,25)16-12-6-5-7-13-16/h3-9,12-15,20,23H,1-2,10-11H2. The van der Waals surface area contributed by atoms with Gasteiger partial charge in [-0.1, -0.05) is 48.6 Å². The molecule has 1 unspecified atom stereocenters. The molecule has 0 fully saturated rings. The minimum atomic E-state index is -3.87. The number of nitrogens with zero attached hydrogens (tertiary/aromatic N) is 1. The fourth-order valence-electron chi connectivity index (χ4n) is 3.22. The van der Waals surface area contributed by atoms with E-state index in [0.29, 0.717) is 17.6 Å². The Morgan fingerprint density at radius 3 is 2.31 bits per heavy atom. The predicted octanol–water partition coefficient (Wildman–Crippen LogP) is 4.22. The van der Waals surface area contributed by atoms with Crippen LogP contribution in [-0.2, 0) is 16.4 Å². The van der Waals surface area contributed by atoms with Gasteiger partial charge in [-0.15, -0.1) is 13.2 Å². The van der Waals surface area contributed by atoms with Crippen LogP contribution in [0.5, 0.6) is 0 Å². The summed E-state index contributed by atoms with van der Waals surface area (Å²) in [6.07, 6.45) is 3.03. The second-order valence-electron chi connectivity index (χ2n) is 6.00. The number of aromatic nitrogens is 1. The van der Waals surface area contributed by atoms with Gasteiger partial charge >= 0.3 is 0 Å². The molecule has 1 heterocycles. The van der Waals surface area contributed by atoms with Crippen LogP contribution in [0.1, 0.15) is 23.8 Å². The van der Waals surface area contributed by atoms with E-state index < -0.39 is 16.1 Å². The van der Waals surface area contributed by atoms with Gasteiger partial charge in [0.1, 0.15) is 0 Å². The van der Waals surface area contributed by atoms with Crippen LogP contribution >= 0.6 is 0 Å². The SMILES string of the molecule is C=CCc1c(C(O)CC=C)n(S(=O)(=O)c2ccccc2)c2ccccc12. The van der Waals surface area contributed by atoms with Gasteiger partial charge in [0.05, 0.1) is 22.2 Å². The Balaban J connectivity index is 2.42. The Labute approximate surface area is 153 Å². The molecule has 1 N–H and O–H groups in total. The number of hydrogen-bond donors (Lipinski definition) is 1. The highest BCUT2D eigenvalue weighted by atomic mass is 32.2. The molecule has 0 radical (unpaired) electrons. The molecule has 0 saturated heterocycles. The van der Waals surface area contributed by atoms with Crippen molar-refractivity contribution in [2.45, 2.75) is 23.8 Å². The summed E-state index contributed by atoms with van der Waals surface area (Å²) in [5.41, 5.74) is 1.69. The molecule has 0 aliphatic carbocycles. The maximum absolute atomic E-state index is 13.4. The van der Waals surface area contributed by atoms with E-state index in [1.807, 2.05) is 12.1 Å². The predicted molar refractivity (Wildman–Crippen MR) is 105 cm³/mol. The van der Waals surface area contributed by atoms with Gasteiger partial charge < -0.3 is 5.11 Å². The number of para-hydroxylation sites is 1. The van der Waals surface area contributed by atoms with Crippen LogP contribution in [0, 0.1) is 0 Å². The average molecular weight is 367 g/mol. The molecule has 0 aliphatic heterocycles. The molecule has 0 saturated carbocycles. The maximum atomic E-state index is 13.4. The van der Waals surface area contributed by atoms with Gasteiger partial charge in [-0.3, -0.25) is 0 Å². The van der Waals surface area contributed by atoms with E-state index in [4.69, 9.17) is 0 Å². The van der Waals surface area contributed by atoms with Gasteiger partial charge in [0, 0.05) is 5.39 Å². The number of allylic oxidation sites excluding steroid dienone is 1. The van der Waals surface area contributed by atoms with Crippen LogP contribution < -0.4 is 0 Å². The van der Waals surface area contributed by atoms with E-state index in [9.17, 15) is 13.5 Å². The summed E-state index contributed by atoms with van der Waals surface area (Å²) in [7, 11) is -3.87. The molecule has 134 valence electrons. The zero-order chi connectivity index (χ0) is 18.7. The largest absolute Gasteiger partial charge is 0.387 e. The molecule has 5 heteroatoms. The van der Waals surface area contributed by atoms with Crippen LogP contribution in [0.25, 0.3) is 10.9 Å². The second kappa shape index (κ2) is 7.32. The lowest BCUT2D eigenvalue weighted by molar-refractivity contribution is 0.175. The van der Waals surface area contributed by atoms with E-state index in [1.165, 1.54) is 3.97 Å². The van der Waals surface area contributed by atoms with Gasteiger partial charge in [-0.2, -0.15) is 0 Å². The molecule has 0 spiro atoms. The summed E-state index contributed by atoms with van der Waals surface area (Å²) < 4.78 is 28.1. The first-order valence-corrected chi connectivity index (χ1v) is 9.79. The lowest BCUT2D eigenvalue weighted by Crippen LogP contribution is -2.18. The molecular weight excluding hydrogens is 346 g/mol. The van der Waals surface area contributed by atoms with Crippen LogP contribution in [0.3, 0.4) is 0 Å². The van der Waals surface area contributed by atoms with Crippen molar-refractivity contribution in [3.05, 3.63) is 91.2 Å². The van der Waals surface area contributed by atoms with E-state index in [1.54, 1.807) is 54.6 Å². The van der Waals surface area contributed by atoms with Crippen molar-refractivity contribution in [1.82, 2.24) is 3.97 Å². The minimum Gasteiger partial charge on any atom is -0.387 e. The summed E-state index contributed by atoms with van der Waals surface area (Å²) in [5, 5.41) is 11.5. The van der Waals surface area contributed by atoms with Crippen molar-refractivity contribution in [1.29, 1.82) is 0 Å². The molecule has 3 rings (SSSR count). The first-order chi connectivity index (χ1) is 12.5. The number of aliphatic hydroxyl groups excluding tert-OH is 1. The third-order valence-electron chi connectivity index (χ3n) is 4.31. The van der Waals surface area contributed by atoms with Gasteiger partial charge in [-0.05, 0) is 36.6 Å². The van der Waals surface area contributed by atoms with Crippen LogP contribution in [0.4, 0.5) is 0 Å². The third-order valence-corrected chi connectivity index (χ3v) is 6.05. The number of aliphatic hydroxyl groups is 1. The summed E-state index contributed by atoms with van der Waals surface area (Å²) in [5.74, 6) is 0. The molecule has 0 bridgehead atoms. The second-order valence-corrected chi connectivity index (χ2v) is 7.78. The minimum absolute atomic E-state index is 0.179. The summed E-state index contributed by atoms with van der Waals surface area (Å²) >= 11 is 0. The van der Waals surface area contributed by atoms with E-state index in [-0.39, 0.29) is 11.3 Å². The van der Waals surface area contributed by atoms with E-state index in [2.05, 4.69) is 13.2 Å².